The van der Waals surface area contributed by atoms with Crippen molar-refractivity contribution in [1.29, 1.82) is 5.26 Å². The predicted molar refractivity (Wildman–Crippen MR) is 151 cm³/mol. The van der Waals surface area contributed by atoms with E-state index < -0.39 is 6.04 Å². The minimum atomic E-state index is -0.420. The largest absolute Gasteiger partial charge is 0.379 e. The van der Waals surface area contributed by atoms with E-state index in [2.05, 4.69) is 33.2 Å². The zero-order chi connectivity index (χ0) is 27.2. The summed E-state index contributed by atoms with van der Waals surface area (Å²) in [6.45, 7) is 4.34. The maximum atomic E-state index is 13.6. The van der Waals surface area contributed by atoms with Crippen LogP contribution in [0.3, 0.4) is 0 Å². The summed E-state index contributed by atoms with van der Waals surface area (Å²) in [7, 11) is 0. The highest BCUT2D eigenvalue weighted by Gasteiger charge is 2.33. The van der Waals surface area contributed by atoms with Crippen LogP contribution in [0.25, 0.3) is 10.8 Å². The maximum absolute atomic E-state index is 13.6. The van der Waals surface area contributed by atoms with Gasteiger partial charge in [-0.25, -0.2) is 4.98 Å². The molecule has 8 nitrogen and oxygen atoms in total. The second kappa shape index (κ2) is 11.8. The molecule has 1 aromatic heterocycles. The Kier molecular flexibility index (Phi) is 7.88. The number of nitrogens with one attached hydrogen (secondary N) is 2. The molecule has 1 saturated heterocycles. The van der Waals surface area contributed by atoms with Crippen LogP contribution in [0.15, 0.2) is 73.2 Å². The second-order valence-corrected chi connectivity index (χ2v) is 9.86. The number of hydrogen-bond donors (Lipinski definition) is 2. The van der Waals surface area contributed by atoms with Crippen molar-refractivity contribution in [2.24, 2.45) is 0 Å². The van der Waals surface area contributed by atoms with Gasteiger partial charge in [0.1, 0.15) is 6.04 Å². The molecule has 2 heterocycles. The van der Waals surface area contributed by atoms with Gasteiger partial charge in [0.2, 0.25) is 5.91 Å². The summed E-state index contributed by atoms with van der Waals surface area (Å²) < 4.78 is 2.08. The molecule has 4 aromatic rings. The van der Waals surface area contributed by atoms with E-state index in [9.17, 15) is 9.59 Å². The van der Waals surface area contributed by atoms with Crippen molar-refractivity contribution < 1.29 is 9.59 Å². The van der Waals surface area contributed by atoms with Crippen LogP contribution < -0.4 is 10.6 Å². The van der Waals surface area contributed by atoms with Crippen LogP contribution in [0.1, 0.15) is 53.4 Å². The van der Waals surface area contributed by atoms with E-state index in [1.807, 2.05) is 73.2 Å². The average Bonchev–Trinajstić information content (AvgIpc) is 3.41. The molecule has 1 aliphatic heterocycles. The van der Waals surface area contributed by atoms with Gasteiger partial charge in [0.15, 0.2) is 0 Å². The smallest absolute Gasteiger partial charge is 0.255 e. The third-order valence-electron chi connectivity index (χ3n) is 7.24. The number of anilines is 1. The first-order valence-electron chi connectivity index (χ1n) is 13.4. The van der Waals surface area contributed by atoms with Gasteiger partial charge in [0.05, 0.1) is 30.2 Å². The molecule has 5 rings (SSSR count). The summed E-state index contributed by atoms with van der Waals surface area (Å²) in [6, 6.07) is 21.1. The summed E-state index contributed by atoms with van der Waals surface area (Å²) in [4.78, 5) is 32.2. The van der Waals surface area contributed by atoms with Gasteiger partial charge in [0.25, 0.3) is 5.91 Å². The Morgan fingerprint density at radius 3 is 2.82 bits per heavy atom. The quantitative estimate of drug-likeness (QED) is 0.333. The zero-order valence-electron chi connectivity index (χ0n) is 22.1. The molecule has 3 aromatic carbocycles. The molecule has 0 bridgehead atoms. The van der Waals surface area contributed by atoms with Gasteiger partial charge in [-0.15, -0.1) is 0 Å². The Morgan fingerprint density at radius 2 is 2.03 bits per heavy atom. The molecular formula is C31H32N6O2. The number of benzene rings is 3. The first-order chi connectivity index (χ1) is 19.1. The van der Waals surface area contributed by atoms with Gasteiger partial charge in [-0.2, -0.15) is 5.26 Å². The number of amides is 2. The van der Waals surface area contributed by atoms with Crippen LogP contribution in [0.4, 0.5) is 5.69 Å². The molecule has 0 spiro atoms. The highest BCUT2D eigenvalue weighted by atomic mass is 16.2. The molecule has 0 radical (unpaired) electrons. The van der Waals surface area contributed by atoms with E-state index in [1.165, 1.54) is 0 Å². The summed E-state index contributed by atoms with van der Waals surface area (Å²) in [5, 5.41) is 17.2. The van der Waals surface area contributed by atoms with Crippen molar-refractivity contribution in [3.8, 4) is 6.07 Å². The summed E-state index contributed by atoms with van der Waals surface area (Å²) in [5.41, 5.74) is 4.33. The second-order valence-electron chi connectivity index (χ2n) is 9.86. The molecule has 2 amide bonds. The molecule has 1 aliphatic rings. The number of imidazole rings is 1. The fourth-order valence-electron chi connectivity index (χ4n) is 5.09. The SMILES string of the molecule is CCCC[C@H]1C(=O)NCCN1C(=O)c1cccc2cc(NCc3cncn3Cc3ccc(C#N)cc3)ccc12. The van der Waals surface area contributed by atoms with Crippen molar-refractivity contribution >= 4 is 28.3 Å². The van der Waals surface area contributed by atoms with Gasteiger partial charge in [-0.05, 0) is 53.1 Å². The molecule has 0 unspecified atom stereocenters. The minimum Gasteiger partial charge on any atom is -0.379 e. The number of nitriles is 1. The van der Waals surface area contributed by atoms with Crippen LogP contribution in [0, 0.1) is 11.3 Å². The molecule has 39 heavy (non-hydrogen) atoms. The Morgan fingerprint density at radius 1 is 1.18 bits per heavy atom. The predicted octanol–water partition coefficient (Wildman–Crippen LogP) is 4.70. The van der Waals surface area contributed by atoms with Gasteiger partial charge in [0, 0.05) is 37.1 Å². The summed E-state index contributed by atoms with van der Waals surface area (Å²) >= 11 is 0. The number of fused-ring (bicyclic) bond motifs is 1. The summed E-state index contributed by atoms with van der Waals surface area (Å²) in [5.74, 6) is -0.155. The molecular weight excluding hydrogens is 488 g/mol. The fraction of sp³-hybridized carbons (Fsp3) is 0.290. The number of carbonyl (C=O) groups excluding carboxylic acids is 2. The monoisotopic (exact) mass is 520 g/mol. The van der Waals surface area contributed by atoms with Crippen LogP contribution in [0.2, 0.25) is 0 Å². The first-order valence-corrected chi connectivity index (χ1v) is 13.4. The van der Waals surface area contributed by atoms with Crippen molar-refractivity contribution in [2.75, 3.05) is 18.4 Å². The minimum absolute atomic E-state index is 0.0619. The van der Waals surface area contributed by atoms with Crippen molar-refractivity contribution in [3.05, 3.63) is 95.6 Å². The van der Waals surface area contributed by atoms with Gasteiger partial charge >= 0.3 is 0 Å². The first kappa shape index (κ1) is 26.0. The van der Waals surface area contributed by atoms with Crippen LogP contribution in [-0.4, -0.2) is 45.4 Å². The number of piperazine rings is 1. The number of carbonyl (C=O) groups is 2. The Hall–Kier alpha value is -4.64. The zero-order valence-corrected chi connectivity index (χ0v) is 22.1. The van der Waals surface area contributed by atoms with E-state index >= 15 is 0 Å². The van der Waals surface area contributed by atoms with Crippen molar-refractivity contribution in [1.82, 2.24) is 19.8 Å². The molecule has 0 saturated carbocycles. The summed E-state index contributed by atoms with van der Waals surface area (Å²) in [6.07, 6.45) is 6.21. The van der Waals surface area contributed by atoms with Crippen molar-refractivity contribution in [2.45, 2.75) is 45.3 Å². The van der Waals surface area contributed by atoms with E-state index in [-0.39, 0.29) is 11.8 Å². The van der Waals surface area contributed by atoms with E-state index in [4.69, 9.17) is 5.26 Å². The molecule has 0 aliphatic carbocycles. The van der Waals surface area contributed by atoms with Crippen LogP contribution in [0.5, 0.6) is 0 Å². The van der Waals surface area contributed by atoms with Crippen LogP contribution in [-0.2, 0) is 17.9 Å². The topological polar surface area (TPSA) is 103 Å². The number of aromatic nitrogens is 2. The van der Waals surface area contributed by atoms with Gasteiger partial charge in [-0.1, -0.05) is 50.1 Å². The Bertz CT molecular complexity index is 1520. The highest BCUT2D eigenvalue weighted by Crippen LogP contribution is 2.26. The highest BCUT2D eigenvalue weighted by molar-refractivity contribution is 6.08. The molecule has 8 heteroatoms. The normalized spacial score (nSPS) is 15.1. The lowest BCUT2D eigenvalue weighted by atomic mass is 10.00. The number of rotatable bonds is 9. The third-order valence-corrected chi connectivity index (χ3v) is 7.24. The van der Waals surface area contributed by atoms with E-state index in [0.29, 0.717) is 43.7 Å². The van der Waals surface area contributed by atoms with Crippen molar-refractivity contribution in [3.63, 3.8) is 0 Å². The van der Waals surface area contributed by atoms with Crippen LogP contribution >= 0.6 is 0 Å². The molecule has 1 fully saturated rings. The lowest BCUT2D eigenvalue weighted by molar-refractivity contribution is -0.128. The Balaban J connectivity index is 1.30. The number of hydrogen-bond acceptors (Lipinski definition) is 5. The number of nitrogens with zero attached hydrogens (tertiary/aromatic N) is 4. The number of unbranched alkanes of at least 4 members (excludes halogenated alkanes) is 1. The van der Waals surface area contributed by atoms with Gasteiger partial charge < -0.3 is 20.1 Å². The standard InChI is InChI=1S/C31H32N6O2/c1-2-3-7-29-30(38)34-14-15-37(29)31(39)28-6-4-5-24-16-25(12-13-27(24)28)35-19-26-18-33-21-36(26)20-23-10-8-22(17-32)9-11-23/h4-6,8-13,16,18,21,29,35H,2-3,7,14-15,19-20H2,1H3,(H,34,38)/t29-/m0/s1. The fourth-order valence-corrected chi connectivity index (χ4v) is 5.09. The molecule has 198 valence electrons. The lowest BCUT2D eigenvalue weighted by Gasteiger charge is -2.35. The maximum Gasteiger partial charge on any atom is 0.255 e. The lowest BCUT2D eigenvalue weighted by Crippen LogP contribution is -2.57. The molecule has 1 atom stereocenters. The van der Waals surface area contributed by atoms with Gasteiger partial charge in [-0.3, -0.25) is 9.59 Å². The van der Waals surface area contributed by atoms with E-state index in [1.54, 1.807) is 4.90 Å². The third kappa shape index (κ3) is 5.78. The van der Waals surface area contributed by atoms with E-state index in [0.717, 1.165) is 40.6 Å². The average molecular weight is 521 g/mol. The molecule has 2 N–H and O–H groups in total. The Labute approximate surface area is 228 Å².